The zero-order valence-electron chi connectivity index (χ0n) is 14.9. The lowest BCUT2D eigenvalue weighted by Crippen LogP contribution is -2.36. The van der Waals surface area contributed by atoms with Gasteiger partial charge in [0.25, 0.3) is 0 Å². The van der Waals surface area contributed by atoms with Gasteiger partial charge in [-0.2, -0.15) is 0 Å². The number of benzene rings is 2. The van der Waals surface area contributed by atoms with Gasteiger partial charge in [-0.25, -0.2) is 9.18 Å². The summed E-state index contributed by atoms with van der Waals surface area (Å²) in [6.07, 6.45) is 1.64. The van der Waals surface area contributed by atoms with Crippen LogP contribution < -0.4 is 5.69 Å². The molecule has 0 unspecified atom stereocenters. The Morgan fingerprint density at radius 1 is 1.15 bits per heavy atom. The summed E-state index contributed by atoms with van der Waals surface area (Å²) < 4.78 is 15.9. The first kappa shape index (κ1) is 18.5. The van der Waals surface area contributed by atoms with Crippen LogP contribution in [-0.4, -0.2) is 27.5 Å². The van der Waals surface area contributed by atoms with Gasteiger partial charge in [0.1, 0.15) is 5.82 Å². The van der Waals surface area contributed by atoms with E-state index >= 15 is 0 Å². The predicted octanol–water partition coefficient (Wildman–Crippen LogP) is 4.92. The molecule has 0 radical (unpaired) electrons. The highest BCUT2D eigenvalue weighted by atomic mass is 35.5. The molecule has 0 spiro atoms. The molecule has 1 aromatic heterocycles. The van der Waals surface area contributed by atoms with Crippen molar-refractivity contribution in [3.8, 4) is 0 Å². The van der Waals surface area contributed by atoms with E-state index in [0.717, 1.165) is 37.0 Å². The van der Waals surface area contributed by atoms with E-state index in [9.17, 15) is 9.18 Å². The zero-order chi connectivity index (χ0) is 19.1. The number of hydrogen-bond donors (Lipinski definition) is 1. The largest absolute Gasteiger partial charge is 0.326 e. The van der Waals surface area contributed by atoms with Gasteiger partial charge in [0, 0.05) is 31.2 Å². The molecule has 1 fully saturated rings. The normalized spacial score (nSPS) is 16.3. The quantitative estimate of drug-likeness (QED) is 0.669. The molecule has 1 aliphatic heterocycles. The number of nitrogens with zero attached hydrogens (tertiary/aromatic N) is 2. The molecule has 1 aliphatic rings. The monoisotopic (exact) mass is 407 g/mol. The Kier molecular flexibility index (Phi) is 5.01. The summed E-state index contributed by atoms with van der Waals surface area (Å²) in [4.78, 5) is 17.6. The maximum absolute atomic E-state index is 14.1. The van der Waals surface area contributed by atoms with Crippen molar-refractivity contribution in [2.75, 3.05) is 13.1 Å². The number of imidazole rings is 1. The van der Waals surface area contributed by atoms with Crippen LogP contribution in [0, 0.1) is 12.7 Å². The first-order valence-corrected chi connectivity index (χ1v) is 9.74. The molecule has 0 aliphatic carbocycles. The van der Waals surface area contributed by atoms with Crippen LogP contribution in [-0.2, 0) is 6.54 Å². The summed E-state index contributed by atoms with van der Waals surface area (Å²) in [5.74, 6) is -0.156. The molecule has 3 aromatic rings. The minimum Gasteiger partial charge on any atom is -0.305 e. The Morgan fingerprint density at radius 2 is 1.85 bits per heavy atom. The van der Waals surface area contributed by atoms with Gasteiger partial charge in [-0.15, -0.1) is 0 Å². The van der Waals surface area contributed by atoms with Crippen molar-refractivity contribution in [1.82, 2.24) is 14.5 Å². The van der Waals surface area contributed by atoms with Crippen molar-refractivity contribution in [2.24, 2.45) is 0 Å². The van der Waals surface area contributed by atoms with Crippen molar-refractivity contribution < 1.29 is 4.39 Å². The van der Waals surface area contributed by atoms with Gasteiger partial charge in [-0.3, -0.25) is 9.47 Å². The Bertz CT molecular complexity index is 1050. The molecule has 1 N–H and O–H groups in total. The number of nitrogens with one attached hydrogen (secondary N) is 1. The average Bonchev–Trinajstić information content (AvgIpc) is 2.93. The van der Waals surface area contributed by atoms with Gasteiger partial charge in [-0.1, -0.05) is 35.3 Å². The second-order valence-corrected chi connectivity index (χ2v) is 8.00. The molecule has 0 amide bonds. The first-order chi connectivity index (χ1) is 12.9. The third-order valence-electron chi connectivity index (χ3n) is 5.28. The lowest BCUT2D eigenvalue weighted by Gasteiger charge is -2.32. The molecule has 0 saturated carbocycles. The fourth-order valence-electron chi connectivity index (χ4n) is 3.84. The molecule has 0 bridgehead atoms. The zero-order valence-corrected chi connectivity index (χ0v) is 16.4. The fourth-order valence-corrected chi connectivity index (χ4v) is 4.16. The van der Waals surface area contributed by atoms with E-state index in [1.165, 1.54) is 0 Å². The average molecular weight is 408 g/mol. The molecular formula is C20H20Cl2FN3O. The predicted molar refractivity (Wildman–Crippen MR) is 107 cm³/mol. The number of hydrogen-bond acceptors (Lipinski definition) is 2. The van der Waals surface area contributed by atoms with Crippen molar-refractivity contribution >= 4 is 34.2 Å². The SMILES string of the molecule is Cc1ccc(CN2CCC(n3c(=O)[nH]c4cc(Cl)c(Cl)cc43)CC2)c(F)c1. The van der Waals surface area contributed by atoms with E-state index in [0.29, 0.717) is 27.7 Å². The number of rotatable bonds is 3. The molecule has 2 aromatic carbocycles. The van der Waals surface area contributed by atoms with Crippen LogP contribution >= 0.6 is 23.2 Å². The third kappa shape index (κ3) is 3.64. The fraction of sp³-hybridized carbons (Fsp3) is 0.350. The topological polar surface area (TPSA) is 41.0 Å². The standard InChI is InChI=1S/C20H20Cl2FN3O/c1-12-2-3-13(17(23)8-12)11-25-6-4-14(5-7-25)26-19-10-16(22)15(21)9-18(19)24-20(26)27/h2-3,8-10,14H,4-7,11H2,1H3,(H,24,27). The van der Waals surface area contributed by atoms with Gasteiger partial charge in [0.05, 0.1) is 21.1 Å². The highest BCUT2D eigenvalue weighted by Crippen LogP contribution is 2.30. The molecule has 4 nitrogen and oxygen atoms in total. The van der Waals surface area contributed by atoms with E-state index < -0.39 is 0 Å². The van der Waals surface area contributed by atoms with Crippen LogP contribution in [0.25, 0.3) is 11.0 Å². The highest BCUT2D eigenvalue weighted by Gasteiger charge is 2.24. The summed E-state index contributed by atoms with van der Waals surface area (Å²) in [5.41, 5.74) is 2.96. The van der Waals surface area contributed by atoms with Crippen LogP contribution in [0.15, 0.2) is 35.1 Å². The van der Waals surface area contributed by atoms with Gasteiger partial charge in [-0.05, 0) is 43.5 Å². The number of piperidine rings is 1. The first-order valence-electron chi connectivity index (χ1n) is 8.99. The van der Waals surface area contributed by atoms with Gasteiger partial charge >= 0.3 is 5.69 Å². The van der Waals surface area contributed by atoms with Gasteiger partial charge in [0.2, 0.25) is 0 Å². The van der Waals surface area contributed by atoms with Crippen LogP contribution in [0.5, 0.6) is 0 Å². The highest BCUT2D eigenvalue weighted by molar-refractivity contribution is 6.42. The molecule has 2 heterocycles. The number of aromatic nitrogens is 2. The van der Waals surface area contributed by atoms with Gasteiger partial charge in [0.15, 0.2) is 0 Å². The summed E-state index contributed by atoms with van der Waals surface area (Å²) in [5, 5.41) is 0.858. The number of aryl methyl sites for hydroxylation is 1. The second kappa shape index (κ2) is 7.30. The molecule has 0 atom stereocenters. The maximum atomic E-state index is 14.1. The molecule has 4 rings (SSSR count). The Labute approximate surface area is 166 Å². The van der Waals surface area contributed by atoms with Crippen LogP contribution in [0.4, 0.5) is 4.39 Å². The van der Waals surface area contributed by atoms with E-state index in [2.05, 4.69) is 9.88 Å². The van der Waals surface area contributed by atoms with Crippen LogP contribution in [0.3, 0.4) is 0 Å². The Morgan fingerprint density at radius 3 is 2.56 bits per heavy atom. The summed E-state index contributed by atoms with van der Waals surface area (Å²) >= 11 is 12.2. The number of H-pyrrole nitrogens is 1. The summed E-state index contributed by atoms with van der Waals surface area (Å²) in [6.45, 7) is 4.08. The lowest BCUT2D eigenvalue weighted by molar-refractivity contribution is 0.178. The molecular weight excluding hydrogens is 388 g/mol. The third-order valence-corrected chi connectivity index (χ3v) is 6.01. The number of fused-ring (bicyclic) bond motifs is 1. The van der Waals surface area contributed by atoms with Crippen molar-refractivity contribution in [3.05, 3.63) is 67.8 Å². The van der Waals surface area contributed by atoms with Crippen molar-refractivity contribution in [1.29, 1.82) is 0 Å². The van der Waals surface area contributed by atoms with Crippen molar-refractivity contribution in [2.45, 2.75) is 32.4 Å². The maximum Gasteiger partial charge on any atom is 0.326 e. The minimum atomic E-state index is -0.156. The van der Waals surface area contributed by atoms with Crippen LogP contribution in [0.2, 0.25) is 10.0 Å². The Balaban J connectivity index is 1.51. The lowest BCUT2D eigenvalue weighted by atomic mass is 10.0. The molecule has 142 valence electrons. The second-order valence-electron chi connectivity index (χ2n) is 7.19. The molecule has 27 heavy (non-hydrogen) atoms. The number of aromatic amines is 1. The smallest absolute Gasteiger partial charge is 0.305 e. The van der Waals surface area contributed by atoms with E-state index in [1.807, 2.05) is 19.1 Å². The van der Waals surface area contributed by atoms with Crippen LogP contribution in [0.1, 0.15) is 30.0 Å². The Hall–Kier alpha value is -1.82. The molecule has 7 heteroatoms. The minimum absolute atomic E-state index is 0.0857. The summed E-state index contributed by atoms with van der Waals surface area (Å²) in [7, 11) is 0. The van der Waals surface area contributed by atoms with Gasteiger partial charge < -0.3 is 4.98 Å². The number of halogens is 3. The van der Waals surface area contributed by atoms with Crippen molar-refractivity contribution in [3.63, 3.8) is 0 Å². The van der Waals surface area contributed by atoms with E-state index in [-0.39, 0.29) is 17.5 Å². The van der Waals surface area contributed by atoms with E-state index in [4.69, 9.17) is 23.2 Å². The number of likely N-dealkylation sites (tertiary alicyclic amines) is 1. The summed E-state index contributed by atoms with van der Waals surface area (Å²) in [6, 6.07) is 8.88. The molecule has 1 saturated heterocycles. The van der Waals surface area contributed by atoms with E-state index in [1.54, 1.807) is 22.8 Å².